The number of hydrogen-bond donors (Lipinski definition) is 0. The van der Waals surface area contributed by atoms with Crippen molar-refractivity contribution in [2.24, 2.45) is 0 Å². The Balaban J connectivity index is 1.24. The highest BCUT2D eigenvalue weighted by Gasteiger charge is 2.16. The molecule has 4 aromatic heterocycles. The number of hydrogen-bond acceptors (Lipinski definition) is 7. The zero-order valence-electron chi connectivity index (χ0n) is 22.0. The van der Waals surface area contributed by atoms with Gasteiger partial charge in [-0.2, -0.15) is 0 Å². The van der Waals surface area contributed by atoms with Gasteiger partial charge < -0.3 is 23.2 Å². The molecule has 0 aliphatic heterocycles. The van der Waals surface area contributed by atoms with Crippen LogP contribution in [0, 0.1) is 6.92 Å². The summed E-state index contributed by atoms with van der Waals surface area (Å²) < 4.78 is 19.9. The lowest BCUT2D eigenvalue weighted by atomic mass is 10.1. The Kier molecular flexibility index (Phi) is 6.28. The number of thiazole rings is 1. The number of carbonyl (C=O) groups excluding carboxylic acids is 1. The van der Waals surface area contributed by atoms with Gasteiger partial charge in [0.05, 0.1) is 18.2 Å². The minimum absolute atomic E-state index is 0.0296. The van der Waals surface area contributed by atoms with Crippen molar-refractivity contribution in [2.45, 2.75) is 13.5 Å². The van der Waals surface area contributed by atoms with Crippen molar-refractivity contribution in [1.82, 2.24) is 19.3 Å². The summed E-state index contributed by atoms with van der Waals surface area (Å²) in [6, 6.07) is 17.1. The number of pyridine rings is 1. The molecular formula is C30H26N4O4S. The number of fused-ring (bicyclic) bond motifs is 2. The van der Waals surface area contributed by atoms with Gasteiger partial charge in [-0.25, -0.2) is 9.97 Å². The first-order chi connectivity index (χ1) is 18.9. The average Bonchev–Trinajstić information content (AvgIpc) is 3.69. The summed E-state index contributed by atoms with van der Waals surface area (Å²) in [5, 5.41) is 3.67. The Hall–Kier alpha value is -4.63. The molecule has 0 fully saturated rings. The summed E-state index contributed by atoms with van der Waals surface area (Å²) >= 11 is 1.53. The SMILES string of the molecule is COc1cc(OCc2csc(-c3ccc(C(=O)N(C)C)cc3)n2)c2cc(-c3cn4cc(C)ccc4n3)oc2c1. The van der Waals surface area contributed by atoms with E-state index >= 15 is 0 Å². The van der Waals surface area contributed by atoms with Crippen LogP contribution in [0.5, 0.6) is 11.5 Å². The summed E-state index contributed by atoms with van der Waals surface area (Å²) in [7, 11) is 5.09. The number of furan rings is 1. The van der Waals surface area contributed by atoms with Crippen LogP contribution < -0.4 is 9.47 Å². The van der Waals surface area contributed by atoms with Gasteiger partial charge in [-0.15, -0.1) is 11.3 Å². The molecular weight excluding hydrogens is 512 g/mol. The molecule has 0 unspecified atom stereocenters. The first-order valence-electron chi connectivity index (χ1n) is 12.3. The molecule has 6 rings (SSSR count). The number of carbonyl (C=O) groups is 1. The Labute approximate surface area is 229 Å². The van der Waals surface area contributed by atoms with Gasteiger partial charge in [-0.05, 0) is 36.8 Å². The summed E-state index contributed by atoms with van der Waals surface area (Å²) in [5.74, 6) is 1.89. The van der Waals surface area contributed by atoms with Gasteiger partial charge in [0.1, 0.15) is 40.0 Å². The standard InChI is InChI=1S/C30H26N4O4S/c1-18-5-10-28-32-24(15-34(28)14-18)27-13-23-25(11-22(36-4)12-26(23)38-27)37-16-21-17-39-29(31-21)19-6-8-20(9-7-19)30(35)33(2)3/h5-15,17H,16H2,1-4H3. The average molecular weight is 539 g/mol. The lowest BCUT2D eigenvalue weighted by molar-refractivity contribution is 0.0827. The first-order valence-corrected chi connectivity index (χ1v) is 13.2. The van der Waals surface area contributed by atoms with Crippen LogP contribution in [0.15, 0.2) is 76.8 Å². The van der Waals surface area contributed by atoms with E-state index in [0.717, 1.165) is 38.6 Å². The number of imidazole rings is 1. The van der Waals surface area contributed by atoms with Crippen molar-refractivity contribution >= 4 is 33.9 Å². The second-order valence-electron chi connectivity index (χ2n) is 9.46. The van der Waals surface area contributed by atoms with Gasteiger partial charge in [-0.3, -0.25) is 4.79 Å². The zero-order valence-corrected chi connectivity index (χ0v) is 22.8. The smallest absolute Gasteiger partial charge is 0.253 e. The highest BCUT2D eigenvalue weighted by atomic mass is 32.1. The Morgan fingerprint density at radius 2 is 1.87 bits per heavy atom. The maximum atomic E-state index is 12.2. The van der Waals surface area contributed by atoms with E-state index in [1.54, 1.807) is 26.1 Å². The highest BCUT2D eigenvalue weighted by Crippen LogP contribution is 2.37. The molecule has 0 N–H and O–H groups in total. The van der Waals surface area contributed by atoms with Crippen LogP contribution >= 0.6 is 11.3 Å². The Morgan fingerprint density at radius 1 is 1.05 bits per heavy atom. The van der Waals surface area contributed by atoms with Gasteiger partial charge >= 0.3 is 0 Å². The molecule has 4 heterocycles. The summed E-state index contributed by atoms with van der Waals surface area (Å²) in [5.41, 5.74) is 5.79. The van der Waals surface area contributed by atoms with E-state index in [2.05, 4.69) is 0 Å². The molecule has 0 saturated carbocycles. The van der Waals surface area contributed by atoms with Crippen molar-refractivity contribution in [3.63, 3.8) is 0 Å². The van der Waals surface area contributed by atoms with Gasteiger partial charge in [0.2, 0.25) is 0 Å². The van der Waals surface area contributed by atoms with E-state index in [0.29, 0.717) is 28.4 Å². The number of amides is 1. The number of methoxy groups -OCH3 is 1. The quantitative estimate of drug-likeness (QED) is 0.232. The summed E-state index contributed by atoms with van der Waals surface area (Å²) in [4.78, 5) is 23.2. The van der Waals surface area contributed by atoms with Crippen LogP contribution in [-0.2, 0) is 6.61 Å². The van der Waals surface area contributed by atoms with E-state index in [4.69, 9.17) is 23.9 Å². The van der Waals surface area contributed by atoms with E-state index in [-0.39, 0.29) is 12.5 Å². The van der Waals surface area contributed by atoms with E-state index in [9.17, 15) is 4.79 Å². The fourth-order valence-electron chi connectivity index (χ4n) is 4.34. The number of aryl methyl sites for hydroxylation is 1. The molecule has 6 aromatic rings. The van der Waals surface area contributed by atoms with Gasteiger partial charge in [-0.1, -0.05) is 18.2 Å². The molecule has 196 valence electrons. The largest absolute Gasteiger partial charge is 0.496 e. The molecule has 0 spiro atoms. The summed E-state index contributed by atoms with van der Waals surface area (Å²) in [6.07, 6.45) is 3.99. The third-order valence-corrected chi connectivity index (χ3v) is 7.31. The maximum Gasteiger partial charge on any atom is 0.253 e. The monoisotopic (exact) mass is 538 g/mol. The molecule has 0 aliphatic carbocycles. The predicted molar refractivity (Wildman–Crippen MR) is 152 cm³/mol. The molecule has 2 aromatic carbocycles. The Bertz CT molecular complexity index is 1810. The number of rotatable bonds is 7. The molecule has 8 nitrogen and oxygen atoms in total. The fraction of sp³-hybridized carbons (Fsp3) is 0.167. The molecule has 0 aliphatic rings. The van der Waals surface area contributed by atoms with Gasteiger partial charge in [0.25, 0.3) is 5.91 Å². The third kappa shape index (κ3) is 4.84. The van der Waals surface area contributed by atoms with Crippen molar-refractivity contribution in [3.8, 4) is 33.5 Å². The second-order valence-corrected chi connectivity index (χ2v) is 10.3. The van der Waals surface area contributed by atoms with Crippen LogP contribution in [0.1, 0.15) is 21.6 Å². The molecule has 39 heavy (non-hydrogen) atoms. The highest BCUT2D eigenvalue weighted by molar-refractivity contribution is 7.13. The molecule has 0 saturated heterocycles. The lowest BCUT2D eigenvalue weighted by Crippen LogP contribution is -2.21. The molecule has 9 heteroatoms. The maximum absolute atomic E-state index is 12.2. The van der Waals surface area contributed by atoms with E-state index < -0.39 is 0 Å². The number of aromatic nitrogens is 3. The normalized spacial score (nSPS) is 11.3. The van der Waals surface area contributed by atoms with E-state index in [1.807, 2.05) is 83.7 Å². The summed E-state index contributed by atoms with van der Waals surface area (Å²) in [6.45, 7) is 2.33. The van der Waals surface area contributed by atoms with Crippen LogP contribution in [0.25, 0.3) is 38.6 Å². The first kappa shape index (κ1) is 24.7. The van der Waals surface area contributed by atoms with Crippen molar-refractivity contribution < 1.29 is 18.7 Å². The molecule has 0 radical (unpaired) electrons. The topological polar surface area (TPSA) is 82.1 Å². The minimum atomic E-state index is -0.0296. The minimum Gasteiger partial charge on any atom is -0.496 e. The van der Waals surface area contributed by atoms with Crippen molar-refractivity contribution in [1.29, 1.82) is 0 Å². The van der Waals surface area contributed by atoms with Crippen LogP contribution in [0.4, 0.5) is 0 Å². The molecule has 0 bridgehead atoms. The van der Waals surface area contributed by atoms with Crippen LogP contribution in [0.2, 0.25) is 0 Å². The van der Waals surface area contributed by atoms with Crippen molar-refractivity contribution in [2.75, 3.05) is 21.2 Å². The van der Waals surface area contributed by atoms with Gasteiger partial charge in [0.15, 0.2) is 5.76 Å². The number of ether oxygens (including phenoxy) is 2. The lowest BCUT2D eigenvalue weighted by Gasteiger charge is -2.10. The Morgan fingerprint density at radius 3 is 2.64 bits per heavy atom. The van der Waals surface area contributed by atoms with Gasteiger partial charge in [0, 0.05) is 55.1 Å². The van der Waals surface area contributed by atoms with Crippen molar-refractivity contribution in [3.05, 3.63) is 89.2 Å². The second kappa shape index (κ2) is 9.92. The predicted octanol–water partition coefficient (Wildman–Crippen LogP) is 6.47. The molecule has 0 atom stereocenters. The number of nitrogens with zero attached hydrogens (tertiary/aromatic N) is 4. The number of benzene rings is 2. The van der Waals surface area contributed by atoms with Crippen LogP contribution in [-0.4, -0.2) is 46.4 Å². The zero-order chi connectivity index (χ0) is 27.1. The third-order valence-electron chi connectivity index (χ3n) is 6.37. The van der Waals surface area contributed by atoms with Crippen LogP contribution in [0.3, 0.4) is 0 Å². The molecule has 1 amide bonds. The fourth-order valence-corrected chi connectivity index (χ4v) is 5.15. The van der Waals surface area contributed by atoms with E-state index in [1.165, 1.54) is 11.3 Å².